The summed E-state index contributed by atoms with van der Waals surface area (Å²) in [5.74, 6) is -0.281. The minimum Gasteiger partial charge on any atom is -0.478 e. The third-order valence-electron chi connectivity index (χ3n) is 2.77. The van der Waals surface area contributed by atoms with Gasteiger partial charge in [-0.05, 0) is 25.9 Å². The predicted octanol–water partition coefficient (Wildman–Crippen LogP) is 1.16. The van der Waals surface area contributed by atoms with E-state index < -0.39 is 5.97 Å². The predicted molar refractivity (Wildman–Crippen MR) is 58.1 cm³/mol. The van der Waals surface area contributed by atoms with Gasteiger partial charge in [-0.2, -0.15) is 0 Å². The van der Waals surface area contributed by atoms with E-state index in [4.69, 9.17) is 5.11 Å². The van der Waals surface area contributed by atoms with Gasteiger partial charge in [0.05, 0.1) is 12.1 Å². The van der Waals surface area contributed by atoms with Crippen LogP contribution in [0.15, 0.2) is 12.4 Å². The summed E-state index contributed by atoms with van der Waals surface area (Å²) in [7, 11) is 0. The zero-order valence-corrected chi connectivity index (χ0v) is 9.09. The van der Waals surface area contributed by atoms with E-state index >= 15 is 0 Å². The van der Waals surface area contributed by atoms with Gasteiger partial charge in [0.15, 0.2) is 0 Å². The van der Waals surface area contributed by atoms with E-state index in [1.807, 2.05) is 0 Å². The van der Waals surface area contributed by atoms with Crippen molar-refractivity contribution in [2.75, 3.05) is 13.1 Å². The zero-order chi connectivity index (χ0) is 11.4. The first-order valence-electron chi connectivity index (χ1n) is 5.52. The minimum absolute atomic E-state index is 0.141. The molecule has 0 unspecified atom stereocenters. The van der Waals surface area contributed by atoms with E-state index in [0.717, 1.165) is 19.6 Å². The first-order chi connectivity index (χ1) is 7.75. The number of hydrogen-bond donors (Lipinski definition) is 1. The number of piperidine rings is 1. The van der Waals surface area contributed by atoms with Crippen LogP contribution in [0.25, 0.3) is 0 Å². The second kappa shape index (κ2) is 5.03. The lowest BCUT2D eigenvalue weighted by Crippen LogP contribution is -2.29. The van der Waals surface area contributed by atoms with Gasteiger partial charge in [-0.1, -0.05) is 6.42 Å². The van der Waals surface area contributed by atoms with E-state index in [9.17, 15) is 4.79 Å². The van der Waals surface area contributed by atoms with Gasteiger partial charge in [0.2, 0.25) is 0 Å². The van der Waals surface area contributed by atoms with Crippen molar-refractivity contribution in [1.29, 1.82) is 0 Å². The van der Waals surface area contributed by atoms with Crippen molar-refractivity contribution in [2.24, 2.45) is 0 Å². The number of aromatic carboxylic acids is 1. The second-order valence-corrected chi connectivity index (χ2v) is 4.03. The SMILES string of the molecule is O=C(O)c1cnc(CN2CCCCC2)nc1. The molecule has 1 aliphatic rings. The molecule has 2 rings (SSSR count). The molecule has 0 aromatic carbocycles. The molecule has 0 atom stereocenters. The van der Waals surface area contributed by atoms with Crippen molar-refractivity contribution >= 4 is 5.97 Å². The van der Waals surface area contributed by atoms with Gasteiger partial charge in [-0.3, -0.25) is 4.90 Å². The summed E-state index contributed by atoms with van der Waals surface area (Å²) in [5.41, 5.74) is 0.141. The van der Waals surface area contributed by atoms with E-state index in [-0.39, 0.29) is 5.56 Å². The normalized spacial score (nSPS) is 17.2. The Balaban J connectivity index is 1.96. The molecule has 0 radical (unpaired) electrons. The number of nitrogens with zero attached hydrogens (tertiary/aromatic N) is 3. The van der Waals surface area contributed by atoms with Crippen LogP contribution in [0.2, 0.25) is 0 Å². The van der Waals surface area contributed by atoms with Gasteiger partial charge in [-0.25, -0.2) is 14.8 Å². The molecule has 0 saturated carbocycles. The smallest absolute Gasteiger partial charge is 0.338 e. The molecule has 0 spiro atoms. The lowest BCUT2D eigenvalue weighted by atomic mass is 10.1. The third kappa shape index (κ3) is 2.76. The number of carboxylic acids is 1. The van der Waals surface area contributed by atoms with Crippen molar-refractivity contribution in [2.45, 2.75) is 25.8 Å². The monoisotopic (exact) mass is 221 g/mol. The van der Waals surface area contributed by atoms with Crippen LogP contribution in [0.5, 0.6) is 0 Å². The minimum atomic E-state index is -0.982. The summed E-state index contributed by atoms with van der Waals surface area (Å²) < 4.78 is 0. The molecule has 0 bridgehead atoms. The lowest BCUT2D eigenvalue weighted by molar-refractivity contribution is 0.0696. The number of carboxylic acid groups (broad SMARTS) is 1. The van der Waals surface area contributed by atoms with E-state index in [0.29, 0.717) is 5.82 Å². The summed E-state index contributed by atoms with van der Waals surface area (Å²) in [4.78, 5) is 21.0. The molecule has 1 aromatic rings. The summed E-state index contributed by atoms with van der Waals surface area (Å²) >= 11 is 0. The van der Waals surface area contributed by atoms with E-state index in [1.54, 1.807) is 0 Å². The number of rotatable bonds is 3. The molecule has 0 aliphatic carbocycles. The first kappa shape index (κ1) is 11.0. The fourth-order valence-electron chi connectivity index (χ4n) is 1.86. The van der Waals surface area contributed by atoms with Crippen LogP contribution in [0.3, 0.4) is 0 Å². The van der Waals surface area contributed by atoms with Gasteiger partial charge in [0.25, 0.3) is 0 Å². The molecule has 1 aliphatic heterocycles. The molecule has 1 aromatic heterocycles. The van der Waals surface area contributed by atoms with Crippen molar-refractivity contribution in [3.05, 3.63) is 23.8 Å². The van der Waals surface area contributed by atoms with Gasteiger partial charge >= 0.3 is 5.97 Å². The summed E-state index contributed by atoms with van der Waals surface area (Å²) in [6.45, 7) is 2.90. The van der Waals surface area contributed by atoms with Crippen LogP contribution in [0.1, 0.15) is 35.4 Å². The Morgan fingerprint density at radius 1 is 1.25 bits per heavy atom. The summed E-state index contributed by atoms with van der Waals surface area (Å²) in [5, 5.41) is 8.71. The molecular weight excluding hydrogens is 206 g/mol. The molecule has 1 fully saturated rings. The standard InChI is InChI=1S/C11H15N3O2/c15-11(16)9-6-12-10(13-7-9)8-14-4-2-1-3-5-14/h6-7H,1-5,8H2,(H,15,16). The first-order valence-corrected chi connectivity index (χ1v) is 5.52. The highest BCUT2D eigenvalue weighted by molar-refractivity contribution is 5.86. The average molecular weight is 221 g/mol. The zero-order valence-electron chi connectivity index (χ0n) is 9.09. The molecule has 16 heavy (non-hydrogen) atoms. The topological polar surface area (TPSA) is 66.3 Å². The molecule has 86 valence electrons. The summed E-state index contributed by atoms with van der Waals surface area (Å²) in [6, 6.07) is 0. The van der Waals surface area contributed by atoms with Gasteiger partial charge in [-0.15, -0.1) is 0 Å². The lowest BCUT2D eigenvalue weighted by Gasteiger charge is -2.25. The molecule has 5 heteroatoms. The molecule has 5 nitrogen and oxygen atoms in total. The highest BCUT2D eigenvalue weighted by atomic mass is 16.4. The molecule has 1 saturated heterocycles. The highest BCUT2D eigenvalue weighted by Gasteiger charge is 2.12. The largest absolute Gasteiger partial charge is 0.478 e. The van der Waals surface area contributed by atoms with Crippen molar-refractivity contribution in [3.8, 4) is 0 Å². The maximum Gasteiger partial charge on any atom is 0.338 e. The van der Waals surface area contributed by atoms with Crippen LogP contribution in [-0.4, -0.2) is 39.0 Å². The number of carbonyl (C=O) groups is 1. The van der Waals surface area contributed by atoms with Gasteiger partial charge < -0.3 is 5.11 Å². The Labute approximate surface area is 94.1 Å². The number of hydrogen-bond acceptors (Lipinski definition) is 4. The quantitative estimate of drug-likeness (QED) is 0.829. The van der Waals surface area contributed by atoms with Crippen LogP contribution < -0.4 is 0 Å². The molecular formula is C11H15N3O2. The van der Waals surface area contributed by atoms with Crippen LogP contribution in [0, 0.1) is 0 Å². The van der Waals surface area contributed by atoms with E-state index in [2.05, 4.69) is 14.9 Å². The molecule has 0 amide bonds. The fraction of sp³-hybridized carbons (Fsp3) is 0.545. The maximum absolute atomic E-state index is 10.6. The average Bonchev–Trinajstić information content (AvgIpc) is 2.31. The Bertz CT molecular complexity index is 358. The third-order valence-corrected chi connectivity index (χ3v) is 2.77. The highest BCUT2D eigenvalue weighted by Crippen LogP contribution is 2.10. The van der Waals surface area contributed by atoms with E-state index in [1.165, 1.54) is 31.7 Å². The molecule has 1 N–H and O–H groups in total. The van der Waals surface area contributed by atoms with Gasteiger partial charge in [0, 0.05) is 12.4 Å². The molecule has 2 heterocycles. The Morgan fingerprint density at radius 2 is 1.88 bits per heavy atom. The fourth-order valence-corrected chi connectivity index (χ4v) is 1.86. The second-order valence-electron chi connectivity index (χ2n) is 4.03. The number of aromatic nitrogens is 2. The Morgan fingerprint density at radius 3 is 2.44 bits per heavy atom. The van der Waals surface area contributed by atoms with Crippen molar-refractivity contribution in [3.63, 3.8) is 0 Å². The van der Waals surface area contributed by atoms with Crippen LogP contribution in [0.4, 0.5) is 0 Å². The maximum atomic E-state index is 10.6. The Kier molecular flexibility index (Phi) is 3.46. The van der Waals surface area contributed by atoms with Gasteiger partial charge in [0.1, 0.15) is 5.82 Å². The number of likely N-dealkylation sites (tertiary alicyclic amines) is 1. The van der Waals surface area contributed by atoms with Crippen molar-refractivity contribution in [1.82, 2.24) is 14.9 Å². The Hall–Kier alpha value is -1.49. The van der Waals surface area contributed by atoms with Crippen LogP contribution in [-0.2, 0) is 6.54 Å². The van der Waals surface area contributed by atoms with Crippen LogP contribution >= 0.6 is 0 Å². The van der Waals surface area contributed by atoms with Crippen molar-refractivity contribution < 1.29 is 9.90 Å². The summed E-state index contributed by atoms with van der Waals surface area (Å²) in [6.07, 6.45) is 6.50.